The van der Waals surface area contributed by atoms with Crippen molar-refractivity contribution >= 4 is 0 Å². The molecule has 0 fully saturated rings. The SMILES string of the molecule is C=CCC(C)C(CC=C)(CC=C)CC=C. The highest BCUT2D eigenvalue weighted by Gasteiger charge is 2.31. The van der Waals surface area contributed by atoms with Crippen LogP contribution in [-0.4, -0.2) is 0 Å². The molecule has 0 amide bonds. The molecule has 1 unspecified atom stereocenters. The molecule has 0 heterocycles. The van der Waals surface area contributed by atoms with Crippen LogP contribution in [0.3, 0.4) is 0 Å². The van der Waals surface area contributed by atoms with Gasteiger partial charge in [0.15, 0.2) is 0 Å². The van der Waals surface area contributed by atoms with Crippen LogP contribution in [0.5, 0.6) is 0 Å². The van der Waals surface area contributed by atoms with Crippen LogP contribution in [0.15, 0.2) is 50.6 Å². The van der Waals surface area contributed by atoms with Crippen molar-refractivity contribution in [2.75, 3.05) is 0 Å². The first-order chi connectivity index (χ1) is 7.16. The van der Waals surface area contributed by atoms with E-state index in [1.54, 1.807) is 0 Å². The van der Waals surface area contributed by atoms with Gasteiger partial charge >= 0.3 is 0 Å². The Balaban J connectivity index is 4.86. The molecule has 0 saturated carbocycles. The third-order valence-corrected chi connectivity index (χ3v) is 3.22. The first-order valence-corrected chi connectivity index (χ1v) is 5.60. The van der Waals surface area contributed by atoms with E-state index in [1.807, 2.05) is 24.3 Å². The summed E-state index contributed by atoms with van der Waals surface area (Å²) in [6.45, 7) is 17.7. The zero-order valence-electron chi connectivity index (χ0n) is 10.0. The van der Waals surface area contributed by atoms with Gasteiger partial charge in [-0.05, 0) is 37.0 Å². The summed E-state index contributed by atoms with van der Waals surface area (Å²) in [6, 6.07) is 0. The third kappa shape index (κ3) is 3.91. The Morgan fingerprint density at radius 3 is 1.53 bits per heavy atom. The Hall–Kier alpha value is -1.04. The van der Waals surface area contributed by atoms with Crippen molar-refractivity contribution in [3.63, 3.8) is 0 Å². The lowest BCUT2D eigenvalue weighted by Gasteiger charge is -2.37. The maximum absolute atomic E-state index is 3.86. The summed E-state index contributed by atoms with van der Waals surface area (Å²) < 4.78 is 0. The van der Waals surface area contributed by atoms with Crippen LogP contribution in [-0.2, 0) is 0 Å². The fourth-order valence-corrected chi connectivity index (χ4v) is 2.22. The maximum Gasteiger partial charge on any atom is -0.0166 e. The minimum absolute atomic E-state index is 0.236. The fraction of sp³-hybridized carbons (Fsp3) is 0.467. The van der Waals surface area contributed by atoms with E-state index in [9.17, 15) is 0 Å². The standard InChI is InChI=1S/C15H24/c1-6-10-14(5)15(11-7-2,12-8-3)13-9-4/h6-9,14H,1-4,10-13H2,5H3. The minimum Gasteiger partial charge on any atom is -0.103 e. The molecule has 0 aliphatic carbocycles. The van der Waals surface area contributed by atoms with Crippen LogP contribution in [0.25, 0.3) is 0 Å². The third-order valence-electron chi connectivity index (χ3n) is 3.22. The molecule has 0 nitrogen and oxygen atoms in total. The van der Waals surface area contributed by atoms with E-state index in [1.165, 1.54) is 0 Å². The highest BCUT2D eigenvalue weighted by atomic mass is 14.4. The summed E-state index contributed by atoms with van der Waals surface area (Å²) in [5, 5.41) is 0. The Labute approximate surface area is 95.1 Å². The predicted octanol–water partition coefficient (Wildman–Crippen LogP) is 4.91. The van der Waals surface area contributed by atoms with Gasteiger partial charge in [-0.15, -0.1) is 26.3 Å². The molecule has 0 aromatic heterocycles. The summed E-state index contributed by atoms with van der Waals surface area (Å²) in [4.78, 5) is 0. The second-order valence-electron chi connectivity index (χ2n) is 4.27. The van der Waals surface area contributed by atoms with Crippen LogP contribution in [0.2, 0.25) is 0 Å². The lowest BCUT2D eigenvalue weighted by Crippen LogP contribution is -2.27. The minimum atomic E-state index is 0.236. The summed E-state index contributed by atoms with van der Waals surface area (Å²) in [7, 11) is 0. The molecule has 0 saturated heterocycles. The van der Waals surface area contributed by atoms with Crippen molar-refractivity contribution in [3.8, 4) is 0 Å². The van der Waals surface area contributed by atoms with Crippen LogP contribution >= 0.6 is 0 Å². The molecule has 0 aliphatic rings. The van der Waals surface area contributed by atoms with Crippen molar-refractivity contribution in [2.24, 2.45) is 11.3 Å². The average molecular weight is 204 g/mol. The van der Waals surface area contributed by atoms with Gasteiger partial charge in [0, 0.05) is 0 Å². The molecule has 0 rings (SSSR count). The van der Waals surface area contributed by atoms with E-state index in [4.69, 9.17) is 0 Å². The summed E-state index contributed by atoms with van der Waals surface area (Å²) in [5.41, 5.74) is 0.236. The molecular formula is C15H24. The highest BCUT2D eigenvalue weighted by molar-refractivity contribution is 4.99. The molecule has 0 bridgehead atoms. The Morgan fingerprint density at radius 2 is 1.27 bits per heavy atom. The Morgan fingerprint density at radius 1 is 0.867 bits per heavy atom. The van der Waals surface area contributed by atoms with Crippen LogP contribution < -0.4 is 0 Å². The predicted molar refractivity (Wildman–Crippen MR) is 70.9 cm³/mol. The van der Waals surface area contributed by atoms with Crippen LogP contribution in [0.1, 0.15) is 32.6 Å². The van der Waals surface area contributed by atoms with E-state index in [2.05, 4.69) is 33.2 Å². The molecule has 0 aromatic carbocycles. The Bertz CT molecular complexity index is 196. The lowest BCUT2D eigenvalue weighted by atomic mass is 9.68. The second kappa shape index (κ2) is 7.28. The molecular weight excluding hydrogens is 180 g/mol. The maximum atomic E-state index is 3.86. The monoisotopic (exact) mass is 204 g/mol. The van der Waals surface area contributed by atoms with Gasteiger partial charge in [-0.1, -0.05) is 31.2 Å². The van der Waals surface area contributed by atoms with Gasteiger partial charge in [0.2, 0.25) is 0 Å². The zero-order valence-corrected chi connectivity index (χ0v) is 10.0. The molecule has 1 atom stereocenters. The molecule has 84 valence electrons. The van der Waals surface area contributed by atoms with Crippen molar-refractivity contribution in [3.05, 3.63) is 50.6 Å². The van der Waals surface area contributed by atoms with E-state index >= 15 is 0 Å². The van der Waals surface area contributed by atoms with Crippen molar-refractivity contribution in [1.29, 1.82) is 0 Å². The quantitative estimate of drug-likeness (QED) is 0.468. The first-order valence-electron chi connectivity index (χ1n) is 5.60. The van der Waals surface area contributed by atoms with Gasteiger partial charge in [0.05, 0.1) is 0 Å². The van der Waals surface area contributed by atoms with E-state index in [-0.39, 0.29) is 5.41 Å². The number of hydrogen-bond donors (Lipinski definition) is 0. The number of rotatable bonds is 9. The molecule has 0 spiro atoms. The number of allylic oxidation sites excluding steroid dienone is 4. The van der Waals surface area contributed by atoms with Crippen molar-refractivity contribution < 1.29 is 0 Å². The van der Waals surface area contributed by atoms with Crippen LogP contribution in [0, 0.1) is 11.3 Å². The Kier molecular flexibility index (Phi) is 6.77. The summed E-state index contributed by atoms with van der Waals surface area (Å²) >= 11 is 0. The average Bonchev–Trinajstić information content (AvgIpc) is 2.19. The van der Waals surface area contributed by atoms with Gasteiger partial charge in [0.25, 0.3) is 0 Å². The molecule has 0 radical (unpaired) electrons. The first kappa shape index (κ1) is 14.0. The number of hydrogen-bond acceptors (Lipinski definition) is 0. The smallest absolute Gasteiger partial charge is 0.0166 e. The highest BCUT2D eigenvalue weighted by Crippen LogP contribution is 2.41. The van der Waals surface area contributed by atoms with E-state index < -0.39 is 0 Å². The summed E-state index contributed by atoms with van der Waals surface area (Å²) in [6.07, 6.45) is 12.1. The van der Waals surface area contributed by atoms with Gasteiger partial charge in [-0.2, -0.15) is 0 Å². The zero-order chi connectivity index (χ0) is 11.7. The molecule has 0 aromatic rings. The van der Waals surface area contributed by atoms with E-state index in [0.29, 0.717) is 5.92 Å². The molecule has 15 heavy (non-hydrogen) atoms. The van der Waals surface area contributed by atoms with Crippen LogP contribution in [0.4, 0.5) is 0 Å². The van der Waals surface area contributed by atoms with Gasteiger partial charge < -0.3 is 0 Å². The van der Waals surface area contributed by atoms with Gasteiger partial charge in [0.1, 0.15) is 0 Å². The fourth-order valence-electron chi connectivity index (χ4n) is 2.22. The summed E-state index contributed by atoms with van der Waals surface area (Å²) in [5.74, 6) is 0.587. The lowest BCUT2D eigenvalue weighted by molar-refractivity contribution is 0.183. The largest absolute Gasteiger partial charge is 0.103 e. The van der Waals surface area contributed by atoms with Crippen molar-refractivity contribution in [2.45, 2.75) is 32.6 Å². The van der Waals surface area contributed by atoms with E-state index in [0.717, 1.165) is 25.7 Å². The molecule has 0 N–H and O–H groups in total. The topological polar surface area (TPSA) is 0 Å². The second-order valence-corrected chi connectivity index (χ2v) is 4.27. The molecule has 0 aliphatic heterocycles. The normalized spacial score (nSPS) is 12.9. The molecule has 0 heteroatoms. The van der Waals surface area contributed by atoms with Gasteiger partial charge in [-0.3, -0.25) is 0 Å². The van der Waals surface area contributed by atoms with Gasteiger partial charge in [-0.25, -0.2) is 0 Å². The van der Waals surface area contributed by atoms with Crippen molar-refractivity contribution in [1.82, 2.24) is 0 Å².